The lowest BCUT2D eigenvalue weighted by atomic mass is 9.77. The molecule has 9 heteroatoms. The van der Waals surface area contributed by atoms with Crippen molar-refractivity contribution in [3.8, 4) is 0 Å². The summed E-state index contributed by atoms with van der Waals surface area (Å²) in [5.74, 6) is -0.0491. The number of rotatable bonds is 8. The van der Waals surface area contributed by atoms with Gasteiger partial charge in [-0.05, 0) is 23.6 Å². The molecule has 26 heavy (non-hydrogen) atoms. The van der Waals surface area contributed by atoms with Gasteiger partial charge >= 0.3 is 7.12 Å². The number of nitro benzene ring substituents is 1. The number of para-hydroxylation sites is 1. The third kappa shape index (κ3) is 4.44. The lowest BCUT2D eigenvalue weighted by Crippen LogP contribution is -2.42. The van der Waals surface area contributed by atoms with Gasteiger partial charge in [-0.15, -0.1) is 0 Å². The molecule has 3 N–H and O–H groups in total. The molecule has 1 aromatic heterocycles. The molecule has 0 amide bonds. The molecule has 1 heterocycles. The van der Waals surface area contributed by atoms with Crippen molar-refractivity contribution < 1.29 is 19.4 Å². The molecule has 3 rings (SSSR count). The summed E-state index contributed by atoms with van der Waals surface area (Å²) in [5, 5.41) is 30.9. The van der Waals surface area contributed by atoms with E-state index < -0.39 is 18.0 Å². The van der Waals surface area contributed by atoms with E-state index >= 15 is 0 Å². The van der Waals surface area contributed by atoms with E-state index in [1.165, 1.54) is 24.1 Å². The van der Waals surface area contributed by atoms with Crippen LogP contribution >= 0.6 is 11.9 Å². The highest BCUT2D eigenvalue weighted by Crippen LogP contribution is 2.23. The minimum atomic E-state index is -1.53. The van der Waals surface area contributed by atoms with Crippen LogP contribution in [0.5, 0.6) is 0 Å². The second-order valence-corrected chi connectivity index (χ2v) is 6.62. The summed E-state index contributed by atoms with van der Waals surface area (Å²) in [6.45, 7) is 0. The summed E-state index contributed by atoms with van der Waals surface area (Å²) >= 11 is 1.31. The van der Waals surface area contributed by atoms with Crippen molar-refractivity contribution in [1.82, 2.24) is 4.72 Å². The number of benzene rings is 2. The van der Waals surface area contributed by atoms with Crippen LogP contribution in [-0.2, 0) is 12.2 Å². The van der Waals surface area contributed by atoms with Crippen molar-refractivity contribution in [3.05, 3.63) is 76.0 Å². The van der Waals surface area contributed by atoms with Crippen LogP contribution in [0, 0.1) is 10.1 Å². The van der Waals surface area contributed by atoms with E-state index in [2.05, 4.69) is 4.72 Å². The van der Waals surface area contributed by atoms with Gasteiger partial charge in [-0.25, -0.2) is 0 Å². The van der Waals surface area contributed by atoms with Crippen LogP contribution < -0.4 is 4.72 Å². The molecule has 0 aliphatic rings. The highest BCUT2D eigenvalue weighted by atomic mass is 32.2. The Bertz CT molecular complexity index is 884. The molecule has 7 nitrogen and oxygen atoms in total. The van der Waals surface area contributed by atoms with Crippen LogP contribution in [0.4, 0.5) is 5.69 Å². The Morgan fingerprint density at radius 1 is 1.19 bits per heavy atom. The SMILES string of the molecule is O=[N+]([O-])c1ccc(CSNC(Cc2coc3ccccc23)B(O)O)cc1. The van der Waals surface area contributed by atoms with E-state index in [0.29, 0.717) is 12.2 Å². The predicted octanol–water partition coefficient (Wildman–Crippen LogP) is 2.70. The van der Waals surface area contributed by atoms with Gasteiger partial charge in [-0.3, -0.25) is 14.8 Å². The van der Waals surface area contributed by atoms with Gasteiger partial charge in [0.15, 0.2) is 0 Å². The fourth-order valence-corrected chi connectivity index (χ4v) is 3.44. The molecule has 1 atom stereocenters. The van der Waals surface area contributed by atoms with Crippen molar-refractivity contribution in [3.63, 3.8) is 0 Å². The van der Waals surface area contributed by atoms with Crippen LogP contribution in [0.15, 0.2) is 59.2 Å². The fourth-order valence-electron chi connectivity index (χ4n) is 2.58. The van der Waals surface area contributed by atoms with Gasteiger partial charge in [0.25, 0.3) is 5.69 Å². The first kappa shape index (κ1) is 18.5. The molecule has 0 saturated carbocycles. The zero-order valence-corrected chi connectivity index (χ0v) is 14.6. The molecule has 0 saturated heterocycles. The fraction of sp³-hybridized carbons (Fsp3) is 0.176. The number of nitrogens with zero attached hydrogens (tertiary/aromatic N) is 1. The van der Waals surface area contributed by atoms with E-state index in [0.717, 1.165) is 22.1 Å². The van der Waals surface area contributed by atoms with Crippen LogP contribution in [-0.4, -0.2) is 28.0 Å². The van der Waals surface area contributed by atoms with Crippen LogP contribution in [0.2, 0.25) is 0 Å². The highest BCUT2D eigenvalue weighted by molar-refractivity contribution is 7.96. The van der Waals surface area contributed by atoms with E-state index in [1.807, 2.05) is 24.3 Å². The molecule has 0 fully saturated rings. The minimum Gasteiger partial charge on any atom is -0.464 e. The van der Waals surface area contributed by atoms with Gasteiger partial charge in [-0.1, -0.05) is 42.3 Å². The topological polar surface area (TPSA) is 109 Å². The average molecular weight is 372 g/mol. The first-order chi connectivity index (χ1) is 12.5. The van der Waals surface area contributed by atoms with Gasteiger partial charge in [0.2, 0.25) is 0 Å². The summed E-state index contributed by atoms with van der Waals surface area (Å²) in [5.41, 5.74) is 2.59. The smallest absolute Gasteiger partial charge is 0.464 e. The Morgan fingerprint density at radius 3 is 2.62 bits per heavy atom. The third-order valence-electron chi connectivity index (χ3n) is 3.98. The lowest BCUT2D eigenvalue weighted by molar-refractivity contribution is -0.384. The van der Waals surface area contributed by atoms with Crippen molar-refractivity contribution in [2.45, 2.75) is 18.1 Å². The zero-order chi connectivity index (χ0) is 18.5. The molecule has 2 aromatic carbocycles. The van der Waals surface area contributed by atoms with Crippen LogP contribution in [0.3, 0.4) is 0 Å². The van der Waals surface area contributed by atoms with E-state index in [-0.39, 0.29) is 5.69 Å². The van der Waals surface area contributed by atoms with E-state index in [4.69, 9.17) is 4.42 Å². The molecule has 0 aliphatic heterocycles. The lowest BCUT2D eigenvalue weighted by Gasteiger charge is -2.16. The second kappa shape index (κ2) is 8.37. The number of nitrogens with one attached hydrogen (secondary N) is 1. The Kier molecular flexibility index (Phi) is 5.94. The first-order valence-electron chi connectivity index (χ1n) is 7.96. The van der Waals surface area contributed by atoms with Crippen molar-refractivity contribution in [2.75, 3.05) is 0 Å². The molecule has 1 unspecified atom stereocenters. The molecule has 0 bridgehead atoms. The van der Waals surface area contributed by atoms with Gasteiger partial charge in [0.05, 0.1) is 17.1 Å². The van der Waals surface area contributed by atoms with Crippen molar-refractivity contribution >= 4 is 35.7 Å². The standard InChI is InChI=1S/C17H17BN2O5S/c21-18(22)17(9-13-10-25-16-4-2-1-3-15(13)16)19-26-11-12-5-7-14(8-6-12)20(23)24/h1-8,10,17,19,21-22H,9,11H2. The Labute approximate surface area is 154 Å². The van der Waals surface area contributed by atoms with Crippen molar-refractivity contribution in [1.29, 1.82) is 0 Å². The molecular weight excluding hydrogens is 355 g/mol. The molecule has 0 aliphatic carbocycles. The predicted molar refractivity (Wildman–Crippen MR) is 101 cm³/mol. The summed E-state index contributed by atoms with van der Waals surface area (Å²) in [6.07, 6.45) is 2.02. The minimum absolute atomic E-state index is 0.0437. The average Bonchev–Trinajstić information content (AvgIpc) is 3.04. The van der Waals surface area contributed by atoms with Gasteiger partial charge in [-0.2, -0.15) is 0 Å². The quantitative estimate of drug-likeness (QED) is 0.241. The molecule has 134 valence electrons. The molecule has 3 aromatic rings. The van der Waals surface area contributed by atoms with Crippen LogP contribution in [0.1, 0.15) is 11.1 Å². The van der Waals surface area contributed by atoms with Gasteiger partial charge < -0.3 is 14.5 Å². The number of hydrogen-bond donors (Lipinski definition) is 3. The first-order valence-corrected chi connectivity index (χ1v) is 8.95. The maximum Gasteiger partial charge on any atom is 0.470 e. The number of nitro groups is 1. The second-order valence-electron chi connectivity index (χ2n) is 5.81. The van der Waals surface area contributed by atoms with Crippen molar-refractivity contribution in [2.24, 2.45) is 0 Å². The largest absolute Gasteiger partial charge is 0.470 e. The third-order valence-corrected chi connectivity index (χ3v) is 4.93. The highest BCUT2D eigenvalue weighted by Gasteiger charge is 2.25. The maximum atomic E-state index is 10.7. The molecule has 0 spiro atoms. The van der Waals surface area contributed by atoms with E-state index in [9.17, 15) is 20.2 Å². The monoisotopic (exact) mass is 372 g/mol. The summed E-state index contributed by atoms with van der Waals surface area (Å²) in [7, 11) is -1.53. The normalized spacial score (nSPS) is 12.2. The van der Waals surface area contributed by atoms with E-state index in [1.54, 1.807) is 18.4 Å². The molecule has 0 radical (unpaired) electrons. The Hall–Kier alpha value is -2.33. The summed E-state index contributed by atoms with van der Waals surface area (Å²) in [6, 6.07) is 13.8. The van der Waals surface area contributed by atoms with Crippen LogP contribution in [0.25, 0.3) is 11.0 Å². The Balaban J connectivity index is 1.59. The summed E-state index contributed by atoms with van der Waals surface area (Å²) < 4.78 is 8.53. The number of furan rings is 1. The molecular formula is C17H17BN2O5S. The number of fused-ring (bicyclic) bond motifs is 1. The number of hydrogen-bond acceptors (Lipinski definition) is 7. The number of non-ortho nitro benzene ring substituents is 1. The van der Waals surface area contributed by atoms with Gasteiger partial charge in [0, 0.05) is 23.3 Å². The van der Waals surface area contributed by atoms with Gasteiger partial charge in [0.1, 0.15) is 5.58 Å². The Morgan fingerprint density at radius 2 is 1.92 bits per heavy atom. The summed E-state index contributed by atoms with van der Waals surface area (Å²) in [4.78, 5) is 10.2. The zero-order valence-electron chi connectivity index (χ0n) is 13.7. The maximum absolute atomic E-state index is 10.7.